The Bertz CT molecular complexity index is 1810. The first-order valence-corrected chi connectivity index (χ1v) is 13.5. The largest absolute Gasteiger partial charge is 0.491 e. The summed E-state index contributed by atoms with van der Waals surface area (Å²) in [5.41, 5.74) is -2.03. The van der Waals surface area contributed by atoms with Crippen LogP contribution in [0.15, 0.2) is 86.7 Å². The van der Waals surface area contributed by atoms with E-state index in [0.717, 1.165) is 4.57 Å². The Morgan fingerprint density at radius 2 is 1.02 bits per heavy atom. The summed E-state index contributed by atoms with van der Waals surface area (Å²) >= 11 is 0. The third kappa shape index (κ3) is 9.03. The maximum atomic E-state index is 13.2. The molecular formula is C32H27N7O7. The van der Waals surface area contributed by atoms with Gasteiger partial charge in [-0.15, -0.1) is 6.58 Å². The van der Waals surface area contributed by atoms with Crippen molar-refractivity contribution in [2.75, 3.05) is 13.2 Å². The zero-order valence-corrected chi connectivity index (χ0v) is 24.3. The second-order valence-electron chi connectivity index (χ2n) is 9.60. The maximum absolute atomic E-state index is 13.2. The van der Waals surface area contributed by atoms with E-state index in [1.54, 1.807) is 72.8 Å². The summed E-state index contributed by atoms with van der Waals surface area (Å²) in [6.07, 6.45) is 1.34. The minimum Gasteiger partial charge on any atom is -0.491 e. The Kier molecular flexibility index (Phi) is 12.1. The first-order valence-electron chi connectivity index (χ1n) is 13.5. The molecule has 0 aliphatic heterocycles. The highest BCUT2D eigenvalue weighted by molar-refractivity contribution is 5.63. The molecule has 0 saturated carbocycles. The highest BCUT2D eigenvalue weighted by Gasteiger charge is 2.20. The van der Waals surface area contributed by atoms with Gasteiger partial charge in [0.15, 0.2) is 0 Å². The number of hydrogen-bond donors (Lipinski definition) is 2. The van der Waals surface area contributed by atoms with E-state index in [9.17, 15) is 24.6 Å². The number of aromatic nitrogens is 3. The van der Waals surface area contributed by atoms with E-state index in [-0.39, 0.29) is 30.9 Å². The van der Waals surface area contributed by atoms with Gasteiger partial charge < -0.3 is 19.7 Å². The van der Waals surface area contributed by atoms with Gasteiger partial charge in [-0.3, -0.25) is 0 Å². The molecule has 2 atom stereocenters. The average molecular weight is 622 g/mol. The van der Waals surface area contributed by atoms with Gasteiger partial charge in [0.1, 0.15) is 72.3 Å². The van der Waals surface area contributed by atoms with E-state index < -0.39 is 42.4 Å². The Morgan fingerprint density at radius 3 is 1.35 bits per heavy atom. The first kappa shape index (κ1) is 34.0. The molecule has 232 valence electrons. The van der Waals surface area contributed by atoms with Crippen LogP contribution in [0.5, 0.6) is 11.5 Å². The van der Waals surface area contributed by atoms with Crippen LogP contribution in [0.25, 0.3) is 12.2 Å². The van der Waals surface area contributed by atoms with Crippen LogP contribution in [0.3, 0.4) is 0 Å². The minimum atomic E-state index is -1.36. The lowest BCUT2D eigenvalue weighted by Crippen LogP contribution is -2.56. The normalized spacial score (nSPS) is 11.3. The summed E-state index contributed by atoms with van der Waals surface area (Å²) in [4.78, 5) is 39.2. The molecule has 0 fully saturated rings. The smallest absolute Gasteiger partial charge is 0.336 e. The fourth-order valence-electron chi connectivity index (χ4n) is 4.02. The van der Waals surface area contributed by atoms with Crippen molar-refractivity contribution >= 4 is 12.2 Å². The van der Waals surface area contributed by atoms with E-state index in [2.05, 4.69) is 6.58 Å². The fourth-order valence-corrected chi connectivity index (χ4v) is 4.02. The van der Waals surface area contributed by atoms with Gasteiger partial charge in [-0.1, -0.05) is 30.3 Å². The van der Waals surface area contributed by atoms with Crippen LogP contribution in [-0.4, -0.2) is 49.3 Å². The zero-order valence-electron chi connectivity index (χ0n) is 24.3. The molecule has 3 rings (SSSR count). The van der Waals surface area contributed by atoms with Crippen LogP contribution in [0.2, 0.25) is 0 Å². The predicted octanol–water partition coefficient (Wildman–Crippen LogP) is 1.10. The van der Waals surface area contributed by atoms with E-state index in [0.29, 0.717) is 31.8 Å². The number of benzene rings is 2. The van der Waals surface area contributed by atoms with E-state index in [1.807, 2.05) is 0 Å². The third-order valence-corrected chi connectivity index (χ3v) is 6.23. The molecule has 1 aromatic heterocycles. The highest BCUT2D eigenvalue weighted by atomic mass is 16.5. The maximum Gasteiger partial charge on any atom is 0.336 e. The van der Waals surface area contributed by atoms with Gasteiger partial charge in [-0.2, -0.15) is 21.0 Å². The number of hydrogen-bond acceptors (Lipinski definition) is 11. The second-order valence-corrected chi connectivity index (χ2v) is 9.60. The van der Waals surface area contributed by atoms with E-state index in [4.69, 9.17) is 30.5 Å². The van der Waals surface area contributed by atoms with Gasteiger partial charge in [0, 0.05) is 0 Å². The topological polar surface area (TPSA) is 220 Å². The molecular weight excluding hydrogens is 594 g/mol. The van der Waals surface area contributed by atoms with Crippen molar-refractivity contribution in [3.63, 3.8) is 0 Å². The molecule has 14 heteroatoms. The lowest BCUT2D eigenvalue weighted by atomic mass is 10.1. The monoisotopic (exact) mass is 621 g/mol. The van der Waals surface area contributed by atoms with Crippen molar-refractivity contribution in [1.29, 1.82) is 21.0 Å². The molecule has 0 saturated heterocycles. The lowest BCUT2D eigenvalue weighted by molar-refractivity contribution is 0.0816. The van der Waals surface area contributed by atoms with Crippen molar-refractivity contribution in [1.82, 2.24) is 13.7 Å². The number of aliphatic hydroxyl groups excluding tert-OH is 2. The summed E-state index contributed by atoms with van der Waals surface area (Å²) < 4.78 is 13.1. The van der Waals surface area contributed by atoms with Crippen LogP contribution in [-0.2, 0) is 19.6 Å². The van der Waals surface area contributed by atoms with Crippen LogP contribution < -0.4 is 26.5 Å². The minimum absolute atomic E-state index is 0.0776. The SMILES string of the molecule is C=CCn1c(=O)n(CC(O)COc2ccc(C=C(C#N)C#N)cc2)c(=O)n(CC(O)COc2ccc(C=C(C#N)C#N)cc2)c1=O. The van der Waals surface area contributed by atoms with E-state index >= 15 is 0 Å². The molecule has 2 aromatic carbocycles. The molecule has 0 spiro atoms. The average Bonchev–Trinajstić information content (AvgIpc) is 3.07. The van der Waals surface area contributed by atoms with Crippen molar-refractivity contribution in [3.8, 4) is 35.8 Å². The summed E-state index contributed by atoms with van der Waals surface area (Å²) in [5.74, 6) is 0.660. The van der Waals surface area contributed by atoms with Gasteiger partial charge in [-0.05, 0) is 47.5 Å². The van der Waals surface area contributed by atoms with E-state index in [1.165, 1.54) is 18.2 Å². The number of ether oxygens (including phenoxy) is 2. The van der Waals surface area contributed by atoms with Crippen molar-refractivity contribution in [3.05, 3.63) is 115 Å². The Labute approximate surface area is 262 Å². The van der Waals surface area contributed by atoms with Gasteiger partial charge in [0.2, 0.25) is 0 Å². The van der Waals surface area contributed by atoms with Gasteiger partial charge >= 0.3 is 17.1 Å². The van der Waals surface area contributed by atoms with Crippen LogP contribution in [0, 0.1) is 45.3 Å². The van der Waals surface area contributed by atoms with Crippen LogP contribution in [0.4, 0.5) is 0 Å². The number of nitriles is 4. The number of allylic oxidation sites excluding steroid dienone is 3. The second kappa shape index (κ2) is 16.4. The Hall–Kier alpha value is -6.45. The van der Waals surface area contributed by atoms with Crippen LogP contribution in [0.1, 0.15) is 11.1 Å². The van der Waals surface area contributed by atoms with Gasteiger partial charge in [0.25, 0.3) is 0 Å². The molecule has 0 aliphatic carbocycles. The Morgan fingerprint density at radius 1 is 0.674 bits per heavy atom. The molecule has 3 aromatic rings. The lowest BCUT2D eigenvalue weighted by Gasteiger charge is -2.18. The quantitative estimate of drug-likeness (QED) is 0.192. The molecule has 0 radical (unpaired) electrons. The van der Waals surface area contributed by atoms with Crippen LogP contribution >= 0.6 is 0 Å². The molecule has 2 N–H and O–H groups in total. The Balaban J connectivity index is 1.72. The number of rotatable bonds is 14. The number of aliphatic hydroxyl groups is 2. The van der Waals surface area contributed by atoms with Crippen molar-refractivity contribution < 1.29 is 19.7 Å². The summed E-state index contributed by atoms with van der Waals surface area (Å²) in [7, 11) is 0. The molecule has 2 unspecified atom stereocenters. The highest BCUT2D eigenvalue weighted by Crippen LogP contribution is 2.16. The summed E-state index contributed by atoms with van der Waals surface area (Å²) in [6.45, 7) is 1.56. The van der Waals surface area contributed by atoms with Gasteiger partial charge in [0.05, 0.1) is 19.6 Å². The molecule has 0 aliphatic rings. The first-order chi connectivity index (χ1) is 22.1. The molecule has 1 heterocycles. The van der Waals surface area contributed by atoms with Crippen molar-refractivity contribution in [2.24, 2.45) is 0 Å². The molecule has 14 nitrogen and oxygen atoms in total. The number of nitrogens with zero attached hydrogens (tertiary/aromatic N) is 7. The van der Waals surface area contributed by atoms with Crippen molar-refractivity contribution in [2.45, 2.75) is 31.8 Å². The molecule has 46 heavy (non-hydrogen) atoms. The summed E-state index contributed by atoms with van der Waals surface area (Å²) in [6, 6.07) is 19.6. The molecule has 0 amide bonds. The molecule has 0 bridgehead atoms. The third-order valence-electron chi connectivity index (χ3n) is 6.23. The van der Waals surface area contributed by atoms with Gasteiger partial charge in [-0.25, -0.2) is 28.1 Å². The fraction of sp³-hybridized carbons (Fsp3) is 0.219. The summed E-state index contributed by atoms with van der Waals surface area (Å²) in [5, 5.41) is 56.7. The predicted molar refractivity (Wildman–Crippen MR) is 164 cm³/mol. The standard InChI is InChI=1S/C32H27N7O7/c1-2-11-37-30(42)38(18-26(40)20-45-28-7-3-22(4-8-28)12-24(14-33)15-34)32(44)39(31(37)43)19-27(41)21-46-29-9-5-23(6-10-29)13-25(16-35)17-36/h2-10,12-13,26-27,40-41H,1,11,18-21H2. The zero-order chi connectivity index (χ0) is 33.6.